The summed E-state index contributed by atoms with van der Waals surface area (Å²) in [5.41, 5.74) is 12.5. The maximum atomic E-state index is 13.0. The average molecular weight is 2150 g/mol. The van der Waals surface area contributed by atoms with E-state index in [2.05, 4.69) is 81.2 Å². The van der Waals surface area contributed by atoms with Crippen molar-refractivity contribution in [2.75, 3.05) is 138 Å². The Kier molecular flexibility index (Phi) is 65.3. The summed E-state index contributed by atoms with van der Waals surface area (Å²) in [7, 11) is 28.3. The minimum Gasteiger partial charge on any atom is -0.506 e. The van der Waals surface area contributed by atoms with E-state index in [1.54, 1.807) is 188 Å². The van der Waals surface area contributed by atoms with Crippen LogP contribution in [0.4, 0.5) is 0 Å². The number of ketones is 2. The lowest BCUT2D eigenvalue weighted by Crippen LogP contribution is -2.30. The number of allylic oxidation sites excluding steroid dienone is 1. The predicted molar refractivity (Wildman–Crippen MR) is 567 cm³/mol. The van der Waals surface area contributed by atoms with Crippen molar-refractivity contribution in [2.45, 2.75) is 61.1 Å². The predicted octanol–water partition coefficient (Wildman–Crippen LogP) is 20.1. The number of carbonyl (C=O) groups excluding carboxylic acids is 3. The molecular weight excluding hydrogens is 2030 g/mol. The molecule has 5 heterocycles. The largest absolute Gasteiger partial charge is 0.506 e. The van der Waals surface area contributed by atoms with Gasteiger partial charge in [0.25, 0.3) is 5.91 Å². The van der Waals surface area contributed by atoms with Crippen molar-refractivity contribution in [3.8, 4) is 62.8 Å². The van der Waals surface area contributed by atoms with Crippen LogP contribution in [0.25, 0.3) is 28.1 Å². The van der Waals surface area contributed by atoms with Gasteiger partial charge in [-0.05, 0) is 204 Å². The number of Topliss-reactive ketones (excluding diaryl/α,β-unsaturated/α-hetero) is 2. The van der Waals surface area contributed by atoms with Crippen molar-refractivity contribution in [1.82, 2.24) is 70.4 Å². The highest BCUT2D eigenvalue weighted by molar-refractivity contribution is 7.99. The third-order valence-electron chi connectivity index (χ3n) is 16.7. The number of nitrogens with one attached hydrogen (secondary N) is 2. The van der Waals surface area contributed by atoms with Crippen molar-refractivity contribution in [3.63, 3.8) is 0 Å². The number of hydrazine groups is 1. The van der Waals surface area contributed by atoms with E-state index in [1.165, 1.54) is 96.1 Å². The average Bonchev–Trinajstić information content (AvgIpc) is 1.71. The number of rotatable bonds is 26. The SMILES string of the molecule is CB(O)P.CNOC.COC(OC)N(C)C.COc1cc(-c2[nH]ncc2-c2ccnc(SC)n2)ccc1Cl.COc1cc(C(=O)/C(=C\N(C)C)c2ccnc(SC)n2)ccc1Cl.COc1cc(C(=O)Cc2ccnc(SC)n2)ccc1Cl.COc1cc(C(=O)N(C)OC)ccc1Cl.COc1cc(C(=O)O)ccc1Cl.COc1cc(C)ccc1Cl.CSc1nccc(C)n1.Cc1ccc(Cl)c(O)c1.NN. The van der Waals surface area contributed by atoms with Gasteiger partial charge in [-0.1, -0.05) is 153 Å². The highest BCUT2D eigenvalue weighted by Gasteiger charge is 2.21. The van der Waals surface area contributed by atoms with Gasteiger partial charge in [0, 0.05) is 107 Å². The summed E-state index contributed by atoms with van der Waals surface area (Å²) in [5.74, 6) is 9.84. The summed E-state index contributed by atoms with van der Waals surface area (Å²) >= 11 is 46.8. The van der Waals surface area contributed by atoms with E-state index in [9.17, 15) is 19.2 Å². The fourth-order valence-electron chi connectivity index (χ4n) is 10.1. The Morgan fingerprint density at radius 3 is 1.32 bits per heavy atom. The van der Waals surface area contributed by atoms with Gasteiger partial charge in [0.15, 0.2) is 32.2 Å². The molecule has 0 spiro atoms. The van der Waals surface area contributed by atoms with E-state index in [0.717, 1.165) is 60.5 Å². The number of carbonyl (C=O) groups is 4. The second-order valence-electron chi connectivity index (χ2n) is 27.2. The number of methoxy groups -OCH3 is 8. The number of phenols is 1. The van der Waals surface area contributed by atoms with Crippen LogP contribution in [0.2, 0.25) is 42.0 Å². The zero-order valence-corrected chi connectivity index (χ0v) is 90.9. The van der Waals surface area contributed by atoms with Gasteiger partial charge in [-0.3, -0.25) is 40.9 Å². The number of H-pyrrole nitrogens is 1. The maximum Gasteiger partial charge on any atom is 0.335 e. The number of carboxylic acids is 1. The molecule has 5 aromatic heterocycles. The van der Waals surface area contributed by atoms with Crippen LogP contribution in [0.5, 0.6) is 40.2 Å². The number of benzene rings is 7. The number of phenolic OH excluding ortho intramolecular Hbond substituents is 1. The molecular formula is C93H117BCl7N16O17PS4. The Bertz CT molecular complexity index is 5750. The zero-order valence-electron chi connectivity index (χ0n) is 81.2. The molecule has 9 N–H and O–H groups in total. The van der Waals surface area contributed by atoms with Gasteiger partial charge in [0.05, 0.1) is 139 Å². The number of amides is 1. The van der Waals surface area contributed by atoms with Crippen molar-refractivity contribution in [2.24, 2.45) is 11.7 Å². The van der Waals surface area contributed by atoms with E-state index in [-0.39, 0.29) is 48.3 Å². The van der Waals surface area contributed by atoms with Crippen LogP contribution in [0.3, 0.4) is 0 Å². The van der Waals surface area contributed by atoms with Gasteiger partial charge in [0.1, 0.15) is 40.2 Å². The minimum atomic E-state index is -0.995. The van der Waals surface area contributed by atoms with Crippen LogP contribution in [-0.2, 0) is 25.6 Å². The topological polar surface area (TPSA) is 427 Å². The summed E-state index contributed by atoms with van der Waals surface area (Å²) in [5, 5.41) is 40.1. The highest BCUT2D eigenvalue weighted by atomic mass is 35.5. The molecule has 12 rings (SSSR count). The monoisotopic (exact) mass is 2140 g/mol. The van der Waals surface area contributed by atoms with Crippen LogP contribution in [0.15, 0.2) is 209 Å². The van der Waals surface area contributed by atoms with E-state index in [4.69, 9.17) is 139 Å². The first kappa shape index (κ1) is 127. The van der Waals surface area contributed by atoms with Crippen molar-refractivity contribution >= 4 is 173 Å². The smallest absolute Gasteiger partial charge is 0.335 e. The van der Waals surface area contributed by atoms with Crippen LogP contribution in [0, 0.1) is 20.8 Å². The molecule has 139 heavy (non-hydrogen) atoms. The van der Waals surface area contributed by atoms with Crippen molar-refractivity contribution in [3.05, 3.63) is 274 Å². The molecule has 0 saturated carbocycles. The summed E-state index contributed by atoms with van der Waals surface area (Å²) in [4.78, 5) is 93.9. The van der Waals surface area contributed by atoms with Gasteiger partial charge in [-0.2, -0.15) is 5.10 Å². The minimum absolute atomic E-state index is 0.0364. The molecule has 1 unspecified atom stereocenters. The number of hydrogen-bond acceptors (Lipinski definition) is 34. The molecule has 7 aromatic carbocycles. The van der Waals surface area contributed by atoms with Gasteiger partial charge in [-0.15, -0.1) is 9.12 Å². The molecule has 0 aliphatic heterocycles. The molecule has 0 bridgehead atoms. The number of carboxylic acid groups (broad SMARTS) is 1. The van der Waals surface area contributed by atoms with E-state index in [1.807, 2.05) is 127 Å². The highest BCUT2D eigenvalue weighted by Crippen LogP contribution is 2.36. The number of hydroxylamine groups is 3. The number of aromatic hydroxyl groups is 1. The van der Waals surface area contributed by atoms with Crippen LogP contribution >= 0.6 is 137 Å². The fraction of sp³-hybridized carbons (Fsp3) is 0.280. The van der Waals surface area contributed by atoms with E-state index < -0.39 is 5.97 Å². The standard InChI is InChI=1S/C17H18ClN3O2S.C15H13ClN4OS.C14H13ClN2O2S.C10H12ClNO3.C8H7ClO3.C8H9ClO.C7H7ClO.C6H8N2S.C5H13NO2.C2H7NO.CH6BOP.H4N2/c1-21(2)10-12(14-7-8-19-17(20-14)24-4)16(22)11-5-6-13(18)15(9-11)23-3;1-21-13-7-9(3-4-11(13)16)14-10(8-18-20-14)12-5-6-17-15(19-12)22-2;1-19-13-7-9(3-4-11(13)15)12(18)8-10-5-6-16-14(17-10)20-2;1-12(15-3)10(13)7-4-5-8(11)9(6-7)14-2;1-12-7-4-5(8(10)11)2-3-6(7)9;1-6-3-4-7(9)8(5-6)10-2;1-5-2-3-6(8)7(9)4-5;1-5-3-4-7-6(8-5)9-2;1-6(2)5(7-3)8-4;1-3-4-2;1-2(3)4;1-2/h5-10H,1-4H3;3-8H,1-2H3,(H,18,20);3-7H,8H2,1-2H3;4-6H,1-3H3;2-4H,1H3,(H,10,11);3-5H,1-2H3;2-4,9H,1H3;3-4H,1-2H3;5H,1-4H3;3H,1-2H3;3H,4H2,1H3;1-2H2/b12-10-;;;;;;;;;;;. The van der Waals surface area contributed by atoms with Gasteiger partial charge < -0.3 is 62.9 Å². The number of halogens is 7. The van der Waals surface area contributed by atoms with Crippen LogP contribution < -0.4 is 45.6 Å². The summed E-state index contributed by atoms with van der Waals surface area (Å²) in [6, 6.07) is 42.6. The Balaban J connectivity index is 0.000000789. The number of aromatic amines is 1. The van der Waals surface area contributed by atoms with Crippen molar-refractivity contribution in [1.29, 1.82) is 0 Å². The lowest BCUT2D eigenvalue weighted by molar-refractivity contribution is -0.179. The number of aryl methyl sites for hydroxylation is 3. The Hall–Kier alpha value is -9.95. The molecule has 0 aliphatic carbocycles. The third-order valence-corrected chi connectivity index (χ3v) is 21.2. The fourth-order valence-corrected chi connectivity index (χ4v) is 12.9. The quantitative estimate of drug-likeness (QED) is 0.00305. The first-order valence-electron chi connectivity index (χ1n) is 40.3. The molecule has 0 radical (unpaired) electrons. The summed E-state index contributed by atoms with van der Waals surface area (Å²) in [6.45, 7) is 7.29. The summed E-state index contributed by atoms with van der Waals surface area (Å²) in [6.07, 6.45) is 18.0. The first-order chi connectivity index (χ1) is 66.2. The normalized spacial score (nSPS) is 10.0. The lowest BCUT2D eigenvalue weighted by Gasteiger charge is -2.19. The number of nitrogens with two attached hydrogens (primary N) is 2. The first-order valence-corrected chi connectivity index (χ1v) is 48.5. The third kappa shape index (κ3) is 47.9. The second-order valence-corrected chi connectivity index (χ2v) is 34.1. The molecule has 46 heteroatoms. The second kappa shape index (κ2) is 71.5. The van der Waals surface area contributed by atoms with E-state index >= 15 is 0 Å². The van der Waals surface area contributed by atoms with Gasteiger partial charge >= 0.3 is 12.6 Å². The Morgan fingerprint density at radius 2 is 0.899 bits per heavy atom. The van der Waals surface area contributed by atoms with Gasteiger partial charge in [0.2, 0.25) is 6.41 Å². The molecule has 752 valence electrons. The molecule has 33 nitrogen and oxygen atoms in total. The zero-order chi connectivity index (χ0) is 105. The number of nitrogens with zero attached hydrogens (tertiary/aromatic N) is 12. The molecule has 0 fully saturated rings. The Morgan fingerprint density at radius 1 is 0.511 bits per heavy atom. The maximum absolute atomic E-state index is 13.0. The number of aromatic nitrogens is 10. The van der Waals surface area contributed by atoms with Crippen LogP contribution in [-0.4, -0.2) is 255 Å². The Labute approximate surface area is 867 Å². The molecule has 0 saturated heterocycles. The number of thioether (sulfide) groups is 4. The molecule has 1 atom stereocenters. The molecule has 12 aromatic rings. The lowest BCUT2D eigenvalue weighted by atomic mass is 10.0. The van der Waals surface area contributed by atoms with Crippen LogP contribution in [0.1, 0.15) is 69.6 Å². The van der Waals surface area contributed by atoms with Crippen molar-refractivity contribution < 1.29 is 82.0 Å². The molecule has 0 aliphatic rings. The van der Waals surface area contributed by atoms with E-state index in [0.29, 0.717) is 108 Å². The van der Waals surface area contributed by atoms with Gasteiger partial charge in [-0.25, -0.2) is 55.2 Å². The number of aromatic carboxylic acids is 1. The number of hydrogen-bond donors (Lipinski definition) is 7. The number of ether oxygens (including phenoxy) is 8. The molecule has 1 amide bonds. The summed E-state index contributed by atoms with van der Waals surface area (Å²) < 4.78 is 40.1.